The highest BCUT2D eigenvalue weighted by atomic mass is 16.3. The van der Waals surface area contributed by atoms with Crippen LogP contribution in [0.3, 0.4) is 0 Å². The first kappa shape index (κ1) is 12.3. The van der Waals surface area contributed by atoms with Crippen LogP contribution in [0.25, 0.3) is 10.8 Å². The molecule has 0 aliphatic heterocycles. The predicted molar refractivity (Wildman–Crippen MR) is 75.5 cm³/mol. The molecule has 0 aliphatic carbocycles. The molecule has 0 unspecified atom stereocenters. The van der Waals surface area contributed by atoms with Gasteiger partial charge >= 0.3 is 0 Å². The van der Waals surface area contributed by atoms with Gasteiger partial charge in [-0.1, -0.05) is 30.3 Å². The quantitative estimate of drug-likeness (QED) is 0.766. The molecule has 3 rings (SSSR count). The molecule has 100 valence electrons. The SMILES string of the molecule is O=C(NCc1ccoc1)c1ccc2ccccc2c1O. The molecule has 0 radical (unpaired) electrons. The Bertz CT molecular complexity index is 748. The van der Waals surface area contributed by atoms with Gasteiger partial charge in [0, 0.05) is 17.5 Å². The van der Waals surface area contributed by atoms with Crippen molar-refractivity contribution < 1.29 is 14.3 Å². The predicted octanol–water partition coefficient (Wildman–Crippen LogP) is 3.07. The zero-order valence-corrected chi connectivity index (χ0v) is 10.7. The van der Waals surface area contributed by atoms with Crippen LogP contribution in [0.1, 0.15) is 15.9 Å². The fourth-order valence-corrected chi connectivity index (χ4v) is 2.11. The molecule has 0 bridgehead atoms. The number of fused-ring (bicyclic) bond motifs is 1. The van der Waals surface area contributed by atoms with Gasteiger partial charge in [-0.25, -0.2) is 0 Å². The summed E-state index contributed by atoms with van der Waals surface area (Å²) in [4.78, 5) is 12.1. The molecule has 4 nitrogen and oxygen atoms in total. The molecule has 20 heavy (non-hydrogen) atoms. The molecular weight excluding hydrogens is 254 g/mol. The number of phenols is 1. The Hall–Kier alpha value is -2.75. The zero-order valence-electron chi connectivity index (χ0n) is 10.7. The van der Waals surface area contributed by atoms with Gasteiger partial charge in [-0.2, -0.15) is 0 Å². The summed E-state index contributed by atoms with van der Waals surface area (Å²) in [6, 6.07) is 12.6. The fourth-order valence-electron chi connectivity index (χ4n) is 2.11. The molecule has 1 aromatic heterocycles. The molecule has 0 saturated carbocycles. The van der Waals surface area contributed by atoms with Gasteiger partial charge in [0.05, 0.1) is 18.1 Å². The smallest absolute Gasteiger partial charge is 0.255 e. The summed E-state index contributed by atoms with van der Waals surface area (Å²) in [5.74, 6) is -0.303. The molecule has 0 atom stereocenters. The maximum Gasteiger partial charge on any atom is 0.255 e. The summed E-state index contributed by atoms with van der Waals surface area (Å²) >= 11 is 0. The van der Waals surface area contributed by atoms with Crippen LogP contribution in [0.15, 0.2) is 59.4 Å². The summed E-state index contributed by atoms with van der Waals surface area (Å²) < 4.78 is 4.93. The number of carbonyl (C=O) groups is 1. The molecule has 1 heterocycles. The molecule has 0 fully saturated rings. The van der Waals surface area contributed by atoms with Crippen LogP contribution in [0, 0.1) is 0 Å². The van der Waals surface area contributed by atoms with E-state index in [-0.39, 0.29) is 17.2 Å². The van der Waals surface area contributed by atoms with E-state index >= 15 is 0 Å². The summed E-state index contributed by atoms with van der Waals surface area (Å²) in [6.07, 6.45) is 3.12. The number of phenolic OH excluding ortho intramolecular Hbond substituents is 1. The van der Waals surface area contributed by atoms with E-state index in [9.17, 15) is 9.90 Å². The minimum atomic E-state index is -0.311. The van der Waals surface area contributed by atoms with Gasteiger partial charge in [-0.3, -0.25) is 4.79 Å². The van der Waals surface area contributed by atoms with Crippen molar-refractivity contribution in [3.8, 4) is 5.75 Å². The Labute approximate surface area is 115 Å². The molecule has 1 amide bonds. The molecule has 0 saturated heterocycles. The summed E-state index contributed by atoms with van der Waals surface area (Å²) in [7, 11) is 0. The lowest BCUT2D eigenvalue weighted by molar-refractivity contribution is 0.0948. The van der Waals surface area contributed by atoms with Crippen molar-refractivity contribution in [1.82, 2.24) is 5.32 Å². The number of aromatic hydroxyl groups is 1. The van der Waals surface area contributed by atoms with E-state index in [1.807, 2.05) is 24.3 Å². The van der Waals surface area contributed by atoms with E-state index in [2.05, 4.69) is 5.32 Å². The average Bonchev–Trinajstić information content (AvgIpc) is 2.99. The van der Waals surface area contributed by atoms with Crippen LogP contribution >= 0.6 is 0 Å². The minimum absolute atomic E-state index is 0.00722. The van der Waals surface area contributed by atoms with E-state index in [4.69, 9.17) is 4.42 Å². The third-order valence-corrected chi connectivity index (χ3v) is 3.18. The summed E-state index contributed by atoms with van der Waals surface area (Å²) in [5.41, 5.74) is 1.14. The highest BCUT2D eigenvalue weighted by molar-refractivity contribution is 6.03. The van der Waals surface area contributed by atoms with Gasteiger partial charge < -0.3 is 14.8 Å². The molecule has 2 aromatic carbocycles. The van der Waals surface area contributed by atoms with Crippen LogP contribution in [0.5, 0.6) is 5.75 Å². The Kier molecular flexibility index (Phi) is 3.13. The van der Waals surface area contributed by atoms with Crippen molar-refractivity contribution in [2.75, 3.05) is 0 Å². The van der Waals surface area contributed by atoms with Crippen molar-refractivity contribution >= 4 is 16.7 Å². The van der Waals surface area contributed by atoms with Crippen LogP contribution in [-0.4, -0.2) is 11.0 Å². The number of benzene rings is 2. The van der Waals surface area contributed by atoms with Crippen molar-refractivity contribution in [3.05, 3.63) is 66.1 Å². The van der Waals surface area contributed by atoms with E-state index in [1.54, 1.807) is 30.7 Å². The van der Waals surface area contributed by atoms with Crippen LogP contribution in [0.4, 0.5) is 0 Å². The van der Waals surface area contributed by atoms with Crippen molar-refractivity contribution in [1.29, 1.82) is 0 Å². The second-order valence-corrected chi connectivity index (χ2v) is 4.50. The van der Waals surface area contributed by atoms with Gasteiger partial charge in [0.25, 0.3) is 5.91 Å². The van der Waals surface area contributed by atoms with E-state index in [0.29, 0.717) is 11.9 Å². The Morgan fingerprint density at radius 3 is 2.80 bits per heavy atom. The van der Waals surface area contributed by atoms with E-state index in [0.717, 1.165) is 10.9 Å². The number of hydrogen-bond acceptors (Lipinski definition) is 3. The lowest BCUT2D eigenvalue weighted by Gasteiger charge is -2.08. The zero-order chi connectivity index (χ0) is 13.9. The van der Waals surface area contributed by atoms with Gasteiger partial charge in [-0.15, -0.1) is 0 Å². The second-order valence-electron chi connectivity index (χ2n) is 4.50. The first-order chi connectivity index (χ1) is 9.75. The number of nitrogens with one attached hydrogen (secondary N) is 1. The standard InChI is InChI=1S/C16H13NO3/c18-15-13-4-2-1-3-12(13)5-6-14(15)16(19)17-9-11-7-8-20-10-11/h1-8,10,18H,9H2,(H,17,19). The minimum Gasteiger partial charge on any atom is -0.506 e. The van der Waals surface area contributed by atoms with E-state index in [1.165, 1.54) is 0 Å². The van der Waals surface area contributed by atoms with Crippen molar-refractivity contribution in [2.24, 2.45) is 0 Å². The summed E-state index contributed by atoms with van der Waals surface area (Å²) in [5, 5.41) is 14.5. The summed E-state index contributed by atoms with van der Waals surface area (Å²) in [6.45, 7) is 0.363. The van der Waals surface area contributed by atoms with E-state index < -0.39 is 0 Å². The molecule has 2 N–H and O–H groups in total. The topological polar surface area (TPSA) is 62.5 Å². The molecule has 3 aromatic rings. The van der Waals surface area contributed by atoms with Crippen molar-refractivity contribution in [2.45, 2.75) is 6.54 Å². The molecular formula is C16H13NO3. The fraction of sp³-hybridized carbons (Fsp3) is 0.0625. The number of rotatable bonds is 3. The Morgan fingerprint density at radius 1 is 1.15 bits per heavy atom. The Morgan fingerprint density at radius 2 is 2.00 bits per heavy atom. The lowest BCUT2D eigenvalue weighted by Crippen LogP contribution is -2.22. The number of carbonyl (C=O) groups excluding carboxylic acids is 1. The second kappa shape index (κ2) is 5.09. The normalized spacial score (nSPS) is 10.6. The van der Waals surface area contributed by atoms with Crippen LogP contribution in [-0.2, 0) is 6.54 Å². The monoisotopic (exact) mass is 267 g/mol. The number of amides is 1. The third kappa shape index (κ3) is 2.23. The third-order valence-electron chi connectivity index (χ3n) is 3.18. The largest absolute Gasteiger partial charge is 0.506 e. The highest BCUT2D eigenvalue weighted by Crippen LogP contribution is 2.28. The highest BCUT2D eigenvalue weighted by Gasteiger charge is 2.13. The maximum absolute atomic E-state index is 12.1. The van der Waals surface area contributed by atoms with Gasteiger partial charge in [0.1, 0.15) is 5.75 Å². The number of hydrogen-bond donors (Lipinski definition) is 2. The average molecular weight is 267 g/mol. The molecule has 0 spiro atoms. The molecule has 0 aliphatic rings. The van der Waals surface area contributed by atoms with Gasteiger partial charge in [-0.05, 0) is 17.5 Å². The lowest BCUT2D eigenvalue weighted by atomic mass is 10.0. The van der Waals surface area contributed by atoms with Crippen molar-refractivity contribution in [3.63, 3.8) is 0 Å². The van der Waals surface area contributed by atoms with Crippen LogP contribution in [0.2, 0.25) is 0 Å². The first-order valence-electron chi connectivity index (χ1n) is 6.25. The first-order valence-corrected chi connectivity index (χ1v) is 6.25. The van der Waals surface area contributed by atoms with Gasteiger partial charge in [0.15, 0.2) is 0 Å². The van der Waals surface area contributed by atoms with Crippen LogP contribution < -0.4 is 5.32 Å². The Balaban J connectivity index is 1.86. The van der Waals surface area contributed by atoms with Gasteiger partial charge in [0.2, 0.25) is 0 Å². The molecule has 4 heteroatoms. The maximum atomic E-state index is 12.1. The number of furan rings is 1.